The third kappa shape index (κ3) is 7.32. The van der Waals surface area contributed by atoms with Crippen molar-refractivity contribution < 1.29 is 9.47 Å². The van der Waals surface area contributed by atoms with Gasteiger partial charge in [-0.1, -0.05) is 82.4 Å². The molecule has 0 N–H and O–H groups in total. The van der Waals surface area contributed by atoms with Crippen LogP contribution in [0, 0.1) is 0 Å². The lowest BCUT2D eigenvalue weighted by Crippen LogP contribution is -2.36. The van der Waals surface area contributed by atoms with Crippen molar-refractivity contribution in [2.75, 3.05) is 14.2 Å². The normalized spacial score (nSPS) is 11.6. The topological polar surface area (TPSA) is 18.5 Å². The monoisotopic (exact) mass is 318 g/mol. The first kappa shape index (κ1) is 19.9. The van der Waals surface area contributed by atoms with Gasteiger partial charge in [0.05, 0.1) is 0 Å². The second-order valence-corrected chi connectivity index (χ2v) is 6.31. The highest BCUT2D eigenvalue weighted by molar-refractivity contribution is 5.47. The van der Waals surface area contributed by atoms with Gasteiger partial charge in [-0.05, 0) is 17.5 Å². The molecule has 0 unspecified atom stereocenters. The molecule has 0 aliphatic rings. The number of ether oxygens (including phenoxy) is 2. The fourth-order valence-electron chi connectivity index (χ4n) is 2.95. The van der Waals surface area contributed by atoms with Crippen molar-refractivity contribution in [3.63, 3.8) is 0 Å². The van der Waals surface area contributed by atoms with Crippen LogP contribution in [0.25, 0.3) is 6.08 Å². The predicted molar refractivity (Wildman–Crippen MR) is 99.6 cm³/mol. The van der Waals surface area contributed by atoms with Gasteiger partial charge in [0, 0.05) is 27.1 Å². The van der Waals surface area contributed by atoms with Gasteiger partial charge in [0.25, 0.3) is 0 Å². The molecule has 2 heteroatoms. The van der Waals surface area contributed by atoms with Crippen LogP contribution >= 0.6 is 0 Å². The van der Waals surface area contributed by atoms with Gasteiger partial charge < -0.3 is 9.47 Å². The summed E-state index contributed by atoms with van der Waals surface area (Å²) in [5.41, 5.74) is 2.38. The molecule has 0 aromatic heterocycles. The van der Waals surface area contributed by atoms with Crippen LogP contribution in [0.3, 0.4) is 0 Å². The van der Waals surface area contributed by atoms with Crippen molar-refractivity contribution in [2.45, 2.75) is 70.5 Å². The Kier molecular flexibility index (Phi) is 9.89. The molecule has 1 aromatic rings. The largest absolute Gasteiger partial charge is 0.353 e. The summed E-state index contributed by atoms with van der Waals surface area (Å²) in [6.07, 6.45) is 12.7. The molecular formula is C21H34O2. The van der Waals surface area contributed by atoms with Crippen LogP contribution in [-0.4, -0.2) is 20.0 Å². The number of methoxy groups -OCH3 is 2. The average molecular weight is 319 g/mol. The number of hydrogen-bond donors (Lipinski definition) is 0. The Morgan fingerprint density at radius 2 is 1.48 bits per heavy atom. The molecule has 0 saturated heterocycles. The zero-order valence-corrected chi connectivity index (χ0v) is 15.3. The Bertz CT molecular complexity index is 418. The highest BCUT2D eigenvalue weighted by Gasteiger charge is 2.29. The van der Waals surface area contributed by atoms with Crippen LogP contribution in [0.15, 0.2) is 30.8 Å². The van der Waals surface area contributed by atoms with Crippen molar-refractivity contribution in [3.05, 3.63) is 42.0 Å². The van der Waals surface area contributed by atoms with E-state index in [1.165, 1.54) is 44.1 Å². The Morgan fingerprint density at radius 3 is 2.00 bits per heavy atom. The fraction of sp³-hybridized carbons (Fsp3) is 0.619. The van der Waals surface area contributed by atoms with Crippen molar-refractivity contribution in [2.24, 2.45) is 0 Å². The molecule has 1 aromatic carbocycles. The third-order valence-electron chi connectivity index (χ3n) is 4.59. The number of unbranched alkanes of at least 4 members (excludes halogenated alkanes) is 6. The van der Waals surface area contributed by atoms with Gasteiger partial charge in [0.2, 0.25) is 0 Å². The van der Waals surface area contributed by atoms with Gasteiger partial charge in [0.15, 0.2) is 5.79 Å². The average Bonchev–Trinajstić information content (AvgIpc) is 2.60. The first-order valence-corrected chi connectivity index (χ1v) is 9.01. The Morgan fingerprint density at radius 1 is 0.913 bits per heavy atom. The van der Waals surface area contributed by atoms with E-state index >= 15 is 0 Å². The molecule has 0 radical (unpaired) electrons. The molecular weight excluding hydrogens is 284 g/mol. The molecule has 1 rings (SSSR count). The minimum Gasteiger partial charge on any atom is -0.353 e. The molecule has 0 amide bonds. The van der Waals surface area contributed by atoms with Crippen LogP contribution in [0.5, 0.6) is 0 Å². The van der Waals surface area contributed by atoms with Crippen LogP contribution < -0.4 is 0 Å². The van der Waals surface area contributed by atoms with Crippen molar-refractivity contribution in [3.8, 4) is 0 Å². The quantitative estimate of drug-likeness (QED) is 0.328. The van der Waals surface area contributed by atoms with E-state index in [0.29, 0.717) is 0 Å². The fourth-order valence-corrected chi connectivity index (χ4v) is 2.95. The molecule has 0 aliphatic heterocycles. The van der Waals surface area contributed by atoms with E-state index in [1.54, 1.807) is 14.2 Å². The Labute approximate surface area is 142 Å². The lowest BCUT2D eigenvalue weighted by Gasteiger charge is -2.31. The number of rotatable bonds is 13. The van der Waals surface area contributed by atoms with Gasteiger partial charge in [-0.3, -0.25) is 0 Å². The van der Waals surface area contributed by atoms with Crippen LogP contribution in [0.1, 0.15) is 69.4 Å². The lowest BCUT2D eigenvalue weighted by atomic mass is 9.97. The van der Waals surface area contributed by atoms with Gasteiger partial charge >= 0.3 is 0 Å². The molecule has 0 saturated carbocycles. The molecule has 0 spiro atoms. The summed E-state index contributed by atoms with van der Waals surface area (Å²) in [5, 5.41) is 0. The summed E-state index contributed by atoms with van der Waals surface area (Å²) in [6, 6.07) is 8.45. The summed E-state index contributed by atoms with van der Waals surface area (Å²) in [7, 11) is 3.51. The summed E-state index contributed by atoms with van der Waals surface area (Å²) in [6.45, 7) is 6.05. The Hall–Kier alpha value is -1.12. The maximum atomic E-state index is 5.75. The number of hydrogen-bond acceptors (Lipinski definition) is 2. The maximum Gasteiger partial charge on any atom is 0.171 e. The van der Waals surface area contributed by atoms with Crippen molar-refractivity contribution >= 4 is 6.08 Å². The molecule has 0 aliphatic carbocycles. The molecule has 0 heterocycles. The lowest BCUT2D eigenvalue weighted by molar-refractivity contribution is -0.210. The van der Waals surface area contributed by atoms with Crippen LogP contribution in [0.4, 0.5) is 0 Å². The van der Waals surface area contributed by atoms with E-state index in [-0.39, 0.29) is 0 Å². The Balaban J connectivity index is 2.45. The standard InChI is InChI=1S/C21H34O2/c1-5-7-8-9-10-11-12-17-21(22-3,23-4)18-20-15-13-19(6-2)14-16-20/h6,13-16H,2,5,7-12,17-18H2,1,3-4H3. The highest BCUT2D eigenvalue weighted by atomic mass is 16.7. The van der Waals surface area contributed by atoms with Crippen LogP contribution in [0.2, 0.25) is 0 Å². The van der Waals surface area contributed by atoms with E-state index in [4.69, 9.17) is 9.47 Å². The van der Waals surface area contributed by atoms with Gasteiger partial charge in [-0.2, -0.15) is 0 Å². The molecule has 2 nitrogen and oxygen atoms in total. The minimum absolute atomic E-state index is 0.501. The predicted octanol–water partition coefficient (Wildman–Crippen LogP) is 6.00. The van der Waals surface area contributed by atoms with E-state index in [1.807, 2.05) is 6.08 Å². The van der Waals surface area contributed by atoms with Gasteiger partial charge in [-0.25, -0.2) is 0 Å². The molecule has 23 heavy (non-hydrogen) atoms. The zero-order valence-electron chi connectivity index (χ0n) is 15.3. The zero-order chi connectivity index (χ0) is 17.0. The third-order valence-corrected chi connectivity index (χ3v) is 4.59. The van der Waals surface area contributed by atoms with E-state index < -0.39 is 5.79 Å². The van der Waals surface area contributed by atoms with Crippen LogP contribution in [-0.2, 0) is 15.9 Å². The summed E-state index contributed by atoms with van der Waals surface area (Å²) < 4.78 is 11.5. The number of benzene rings is 1. The molecule has 0 fully saturated rings. The SMILES string of the molecule is C=Cc1ccc(CC(CCCCCCCCC)(OC)OC)cc1. The molecule has 0 bridgehead atoms. The minimum atomic E-state index is -0.501. The molecule has 130 valence electrons. The van der Waals surface area contributed by atoms with E-state index in [2.05, 4.69) is 37.8 Å². The summed E-state index contributed by atoms with van der Waals surface area (Å²) >= 11 is 0. The molecule has 0 atom stereocenters. The van der Waals surface area contributed by atoms with Gasteiger partial charge in [-0.15, -0.1) is 0 Å². The van der Waals surface area contributed by atoms with Crippen molar-refractivity contribution in [1.29, 1.82) is 0 Å². The first-order chi connectivity index (χ1) is 11.2. The summed E-state index contributed by atoms with van der Waals surface area (Å²) in [4.78, 5) is 0. The first-order valence-electron chi connectivity index (χ1n) is 9.01. The maximum absolute atomic E-state index is 5.75. The van der Waals surface area contributed by atoms with E-state index in [0.717, 1.165) is 24.8 Å². The summed E-state index contributed by atoms with van der Waals surface area (Å²) in [5.74, 6) is -0.501. The van der Waals surface area contributed by atoms with Crippen molar-refractivity contribution in [1.82, 2.24) is 0 Å². The van der Waals surface area contributed by atoms with Gasteiger partial charge in [0.1, 0.15) is 0 Å². The second kappa shape index (κ2) is 11.4. The second-order valence-electron chi connectivity index (χ2n) is 6.31. The smallest absolute Gasteiger partial charge is 0.171 e. The van der Waals surface area contributed by atoms with E-state index in [9.17, 15) is 0 Å². The highest BCUT2D eigenvalue weighted by Crippen LogP contribution is 2.26.